The molecule has 0 fully saturated rings. The number of likely N-dealkylation sites (N-methyl/N-ethyl adjacent to an activating group) is 1. The fourth-order valence-corrected chi connectivity index (χ4v) is 1.76. The molecule has 0 aliphatic heterocycles. The fraction of sp³-hybridized carbons (Fsp3) is 0.643. The molecular weight excluding hydrogens is 292 g/mol. The first-order valence-corrected chi connectivity index (χ1v) is 7.38. The van der Waals surface area contributed by atoms with Gasteiger partial charge in [0.25, 0.3) is 0 Å². The number of nitrogens with zero attached hydrogens (tertiary/aromatic N) is 2. The van der Waals surface area contributed by atoms with Crippen molar-refractivity contribution in [1.29, 1.82) is 0 Å². The van der Waals surface area contributed by atoms with Gasteiger partial charge in [-0.05, 0) is 17.0 Å². The predicted molar refractivity (Wildman–Crippen MR) is 80.8 cm³/mol. The van der Waals surface area contributed by atoms with Crippen molar-refractivity contribution in [3.05, 3.63) is 23.9 Å². The lowest BCUT2D eigenvalue weighted by atomic mass is 9.88. The molecule has 3 nitrogen and oxygen atoms in total. The largest absolute Gasteiger partial charge is 0.379 e. The van der Waals surface area contributed by atoms with E-state index < -0.39 is 0 Å². The molecule has 0 aromatic carbocycles. The van der Waals surface area contributed by atoms with Crippen LogP contribution < -0.4 is 4.90 Å². The van der Waals surface area contributed by atoms with Gasteiger partial charge in [-0.2, -0.15) is 0 Å². The lowest BCUT2D eigenvalue weighted by Crippen LogP contribution is -2.24. The highest BCUT2D eigenvalue weighted by molar-refractivity contribution is 9.09. The second-order valence-electron chi connectivity index (χ2n) is 5.38. The SMILES string of the molecule is CN(CCOCCBr)c1ccc(C(C)(C)C)cn1. The molecule has 1 heterocycles. The monoisotopic (exact) mass is 314 g/mol. The molecule has 0 N–H and O–H groups in total. The average molecular weight is 315 g/mol. The molecule has 0 saturated carbocycles. The van der Waals surface area contributed by atoms with Gasteiger partial charge in [0, 0.05) is 25.1 Å². The summed E-state index contributed by atoms with van der Waals surface area (Å²) in [5.74, 6) is 0.991. The van der Waals surface area contributed by atoms with Crippen LogP contribution in [0.3, 0.4) is 0 Å². The number of ether oxygens (including phenoxy) is 1. The Labute approximate surface area is 119 Å². The van der Waals surface area contributed by atoms with E-state index in [-0.39, 0.29) is 5.41 Å². The molecule has 0 bridgehead atoms. The number of hydrogen-bond donors (Lipinski definition) is 0. The first-order chi connectivity index (χ1) is 8.45. The maximum atomic E-state index is 5.44. The highest BCUT2D eigenvalue weighted by atomic mass is 79.9. The van der Waals surface area contributed by atoms with Crippen LogP contribution in [0.25, 0.3) is 0 Å². The van der Waals surface area contributed by atoms with Crippen LogP contribution in [0.2, 0.25) is 0 Å². The molecule has 0 atom stereocenters. The summed E-state index contributed by atoms with van der Waals surface area (Å²) in [6.07, 6.45) is 1.96. The number of rotatable bonds is 6. The van der Waals surface area contributed by atoms with Gasteiger partial charge in [0.15, 0.2) is 0 Å². The molecule has 0 saturated heterocycles. The number of hydrogen-bond acceptors (Lipinski definition) is 3. The van der Waals surface area contributed by atoms with Crippen LogP contribution in [0.4, 0.5) is 5.82 Å². The second-order valence-corrected chi connectivity index (χ2v) is 6.17. The first-order valence-electron chi connectivity index (χ1n) is 6.26. The first kappa shape index (κ1) is 15.4. The van der Waals surface area contributed by atoms with E-state index in [4.69, 9.17) is 4.74 Å². The van der Waals surface area contributed by atoms with Crippen molar-refractivity contribution in [2.75, 3.05) is 37.0 Å². The molecule has 0 radical (unpaired) electrons. The summed E-state index contributed by atoms with van der Waals surface area (Å²) in [5, 5.41) is 0.884. The van der Waals surface area contributed by atoms with Gasteiger partial charge in [0.2, 0.25) is 0 Å². The van der Waals surface area contributed by atoms with Crippen LogP contribution in [0.5, 0.6) is 0 Å². The zero-order valence-corrected chi connectivity index (χ0v) is 13.3. The van der Waals surface area contributed by atoms with E-state index in [1.54, 1.807) is 0 Å². The minimum atomic E-state index is 0.156. The Balaban J connectivity index is 2.51. The molecule has 1 aromatic heterocycles. The van der Waals surface area contributed by atoms with E-state index in [0.29, 0.717) is 0 Å². The topological polar surface area (TPSA) is 25.4 Å². The van der Waals surface area contributed by atoms with E-state index in [9.17, 15) is 0 Å². The van der Waals surface area contributed by atoms with E-state index in [1.807, 2.05) is 13.2 Å². The third kappa shape index (κ3) is 4.94. The molecule has 0 spiro atoms. The van der Waals surface area contributed by atoms with Gasteiger partial charge in [0.05, 0.1) is 13.2 Å². The molecule has 1 rings (SSSR count). The highest BCUT2D eigenvalue weighted by Crippen LogP contribution is 2.22. The van der Waals surface area contributed by atoms with E-state index >= 15 is 0 Å². The highest BCUT2D eigenvalue weighted by Gasteiger charge is 2.14. The van der Waals surface area contributed by atoms with Crippen LogP contribution in [-0.4, -0.2) is 37.1 Å². The Morgan fingerprint density at radius 1 is 1.28 bits per heavy atom. The van der Waals surface area contributed by atoms with Crippen molar-refractivity contribution < 1.29 is 4.74 Å². The molecule has 18 heavy (non-hydrogen) atoms. The number of aromatic nitrogens is 1. The lowest BCUT2D eigenvalue weighted by molar-refractivity contribution is 0.157. The second kappa shape index (κ2) is 7.10. The molecule has 102 valence electrons. The Hall–Kier alpha value is -0.610. The van der Waals surface area contributed by atoms with Crippen LogP contribution in [0.1, 0.15) is 26.3 Å². The summed E-state index contributed by atoms with van der Waals surface area (Å²) >= 11 is 3.34. The molecule has 0 aliphatic carbocycles. The maximum absolute atomic E-state index is 5.44. The molecule has 0 unspecified atom stereocenters. The van der Waals surface area contributed by atoms with Crippen molar-refractivity contribution in [2.45, 2.75) is 26.2 Å². The number of anilines is 1. The van der Waals surface area contributed by atoms with Crippen LogP contribution in [0, 0.1) is 0 Å². The van der Waals surface area contributed by atoms with Gasteiger partial charge in [-0.25, -0.2) is 4.98 Å². The van der Waals surface area contributed by atoms with Gasteiger partial charge in [-0.1, -0.05) is 42.8 Å². The van der Waals surface area contributed by atoms with Gasteiger partial charge in [-0.15, -0.1) is 0 Å². The molecule has 0 aliphatic rings. The molecule has 1 aromatic rings. The molecular formula is C14H23BrN2O. The quantitative estimate of drug-likeness (QED) is 0.595. The van der Waals surface area contributed by atoms with Crippen LogP contribution >= 0.6 is 15.9 Å². The summed E-state index contributed by atoms with van der Waals surface area (Å²) in [6.45, 7) is 8.93. The Bertz CT molecular complexity index is 346. The smallest absolute Gasteiger partial charge is 0.128 e. The zero-order chi connectivity index (χ0) is 13.6. The van der Waals surface area contributed by atoms with Gasteiger partial charge in [-0.3, -0.25) is 0 Å². The van der Waals surface area contributed by atoms with Crippen molar-refractivity contribution in [3.63, 3.8) is 0 Å². The van der Waals surface area contributed by atoms with Crippen LogP contribution in [0.15, 0.2) is 18.3 Å². The van der Waals surface area contributed by atoms with Crippen molar-refractivity contribution in [2.24, 2.45) is 0 Å². The Morgan fingerprint density at radius 2 is 2.00 bits per heavy atom. The number of halogens is 1. The Kier molecular flexibility index (Phi) is 6.09. The van der Waals surface area contributed by atoms with Gasteiger partial charge in [0.1, 0.15) is 5.82 Å². The van der Waals surface area contributed by atoms with E-state index in [1.165, 1.54) is 5.56 Å². The summed E-state index contributed by atoms with van der Waals surface area (Å²) in [5.41, 5.74) is 1.42. The van der Waals surface area contributed by atoms with E-state index in [2.05, 4.69) is 58.7 Å². The summed E-state index contributed by atoms with van der Waals surface area (Å²) < 4.78 is 5.44. The maximum Gasteiger partial charge on any atom is 0.128 e. The minimum Gasteiger partial charge on any atom is -0.379 e. The number of alkyl halides is 1. The zero-order valence-electron chi connectivity index (χ0n) is 11.7. The third-order valence-electron chi connectivity index (χ3n) is 2.80. The Morgan fingerprint density at radius 3 is 2.50 bits per heavy atom. The van der Waals surface area contributed by atoms with Gasteiger partial charge < -0.3 is 9.64 Å². The van der Waals surface area contributed by atoms with Crippen molar-refractivity contribution in [1.82, 2.24) is 4.98 Å². The van der Waals surface area contributed by atoms with Crippen molar-refractivity contribution >= 4 is 21.7 Å². The lowest BCUT2D eigenvalue weighted by Gasteiger charge is -2.21. The van der Waals surface area contributed by atoms with Crippen molar-refractivity contribution in [3.8, 4) is 0 Å². The van der Waals surface area contributed by atoms with Crippen LogP contribution in [-0.2, 0) is 10.2 Å². The normalized spacial score (nSPS) is 11.6. The molecule has 0 amide bonds. The third-order valence-corrected chi connectivity index (χ3v) is 3.12. The summed E-state index contributed by atoms with van der Waals surface area (Å²) in [6, 6.07) is 4.23. The average Bonchev–Trinajstić information content (AvgIpc) is 2.33. The summed E-state index contributed by atoms with van der Waals surface area (Å²) in [7, 11) is 2.04. The number of pyridine rings is 1. The predicted octanol–water partition coefficient (Wildman–Crippen LogP) is 3.23. The van der Waals surface area contributed by atoms with Gasteiger partial charge >= 0.3 is 0 Å². The fourth-order valence-electron chi connectivity index (χ4n) is 1.53. The molecule has 4 heteroatoms. The standard InChI is InChI=1S/C14H23BrN2O/c1-14(2,3)12-5-6-13(16-11-12)17(4)8-10-18-9-7-15/h5-6,11H,7-10H2,1-4H3. The van der Waals surface area contributed by atoms with E-state index in [0.717, 1.165) is 30.9 Å². The summed E-state index contributed by atoms with van der Waals surface area (Å²) in [4.78, 5) is 6.62. The minimum absolute atomic E-state index is 0.156.